The molecule has 2 heterocycles. The van der Waals surface area contributed by atoms with Crippen LogP contribution in [0.15, 0.2) is 34.7 Å². The molecule has 0 unspecified atom stereocenters. The lowest BCUT2D eigenvalue weighted by atomic mass is 10.1. The van der Waals surface area contributed by atoms with Crippen molar-refractivity contribution in [1.82, 2.24) is 10.2 Å². The second-order valence-corrected chi connectivity index (χ2v) is 6.76. The van der Waals surface area contributed by atoms with Crippen molar-refractivity contribution in [2.24, 2.45) is 0 Å². The molecule has 0 spiro atoms. The van der Waals surface area contributed by atoms with Gasteiger partial charge in [0.05, 0.1) is 9.90 Å². The van der Waals surface area contributed by atoms with Crippen LogP contribution in [0.5, 0.6) is 0 Å². The zero-order valence-electron chi connectivity index (χ0n) is 11.3. The lowest BCUT2D eigenvalue weighted by Crippen LogP contribution is -2.11. The van der Waals surface area contributed by atoms with E-state index in [9.17, 15) is 4.79 Å². The Balaban J connectivity index is 1.78. The minimum Gasteiger partial charge on any atom is -0.403 e. The highest BCUT2D eigenvalue weighted by atomic mass is 35.5. The van der Waals surface area contributed by atoms with Crippen molar-refractivity contribution in [1.29, 1.82) is 0 Å². The lowest BCUT2D eigenvalue weighted by Gasteiger charge is -1.98. The first kappa shape index (κ1) is 15.0. The molecule has 3 rings (SSSR count). The molecule has 0 radical (unpaired) electrons. The number of nitrogens with zero attached hydrogens (tertiary/aromatic N) is 2. The van der Waals surface area contributed by atoms with E-state index in [-0.39, 0.29) is 11.6 Å². The third-order valence-electron chi connectivity index (χ3n) is 2.85. The van der Waals surface area contributed by atoms with Crippen LogP contribution in [-0.4, -0.2) is 16.1 Å². The predicted molar refractivity (Wildman–Crippen MR) is 86.8 cm³/mol. The standard InChI is InChI=1S/C14H9Cl2N3O2S/c1-7-2-4-8(5-3-7)13-18-19-14(21-13)17-12(20)9-6-10(15)22-11(9)16/h2-6H,1H3,(H,17,19,20). The Kier molecular flexibility index (Phi) is 4.15. The molecule has 0 saturated heterocycles. The van der Waals surface area contributed by atoms with E-state index in [1.807, 2.05) is 31.2 Å². The Morgan fingerprint density at radius 1 is 1.23 bits per heavy atom. The predicted octanol–water partition coefficient (Wildman–Crippen LogP) is 4.67. The minimum atomic E-state index is -0.452. The van der Waals surface area contributed by atoms with E-state index >= 15 is 0 Å². The number of aryl methyl sites for hydroxylation is 1. The monoisotopic (exact) mass is 353 g/mol. The van der Waals surface area contributed by atoms with Gasteiger partial charge in [0.15, 0.2) is 0 Å². The molecule has 0 fully saturated rings. The molecule has 2 aromatic heterocycles. The fourth-order valence-corrected chi connectivity index (χ4v) is 3.20. The van der Waals surface area contributed by atoms with Gasteiger partial charge in [-0.3, -0.25) is 10.1 Å². The molecule has 3 aromatic rings. The molecule has 0 atom stereocenters. The van der Waals surface area contributed by atoms with Gasteiger partial charge in [-0.25, -0.2) is 0 Å². The highest BCUT2D eigenvalue weighted by Crippen LogP contribution is 2.31. The van der Waals surface area contributed by atoms with Gasteiger partial charge in [-0.15, -0.1) is 16.4 Å². The molecule has 1 N–H and O–H groups in total. The molecule has 0 saturated carbocycles. The average Bonchev–Trinajstić information content (AvgIpc) is 3.06. The fraction of sp³-hybridized carbons (Fsp3) is 0.0714. The second-order valence-electron chi connectivity index (χ2n) is 4.47. The van der Waals surface area contributed by atoms with Crippen molar-refractivity contribution in [2.75, 3.05) is 5.32 Å². The Morgan fingerprint density at radius 3 is 2.59 bits per heavy atom. The van der Waals surface area contributed by atoms with E-state index in [0.717, 1.165) is 22.5 Å². The molecule has 5 nitrogen and oxygen atoms in total. The summed E-state index contributed by atoms with van der Waals surface area (Å²) in [4.78, 5) is 12.1. The fourth-order valence-electron chi connectivity index (χ4n) is 1.75. The van der Waals surface area contributed by atoms with Gasteiger partial charge in [0.25, 0.3) is 5.91 Å². The molecular formula is C14H9Cl2N3O2S. The van der Waals surface area contributed by atoms with E-state index in [2.05, 4.69) is 15.5 Å². The van der Waals surface area contributed by atoms with Crippen LogP contribution in [0.4, 0.5) is 6.01 Å². The van der Waals surface area contributed by atoms with Gasteiger partial charge in [-0.05, 0) is 25.1 Å². The van der Waals surface area contributed by atoms with Crippen LogP contribution < -0.4 is 5.32 Å². The van der Waals surface area contributed by atoms with Crippen molar-refractivity contribution in [3.05, 3.63) is 50.1 Å². The number of hydrogen-bond donors (Lipinski definition) is 1. The van der Waals surface area contributed by atoms with Crippen LogP contribution in [0.1, 0.15) is 15.9 Å². The van der Waals surface area contributed by atoms with Gasteiger partial charge in [0.1, 0.15) is 4.34 Å². The average molecular weight is 354 g/mol. The largest absolute Gasteiger partial charge is 0.403 e. The van der Waals surface area contributed by atoms with Crippen LogP contribution in [0.2, 0.25) is 8.67 Å². The number of amides is 1. The summed E-state index contributed by atoms with van der Waals surface area (Å²) in [5.74, 6) is -0.128. The van der Waals surface area contributed by atoms with Crippen molar-refractivity contribution in [2.45, 2.75) is 6.92 Å². The third-order valence-corrected chi connectivity index (χ3v) is 4.33. The number of halogens is 2. The number of aromatic nitrogens is 2. The van der Waals surface area contributed by atoms with Crippen LogP contribution in [-0.2, 0) is 0 Å². The van der Waals surface area contributed by atoms with Crippen LogP contribution in [0.3, 0.4) is 0 Å². The first-order valence-electron chi connectivity index (χ1n) is 6.19. The molecule has 0 aliphatic heterocycles. The summed E-state index contributed by atoms with van der Waals surface area (Å²) >= 11 is 12.9. The van der Waals surface area contributed by atoms with Gasteiger partial charge >= 0.3 is 6.01 Å². The smallest absolute Gasteiger partial charge is 0.322 e. The van der Waals surface area contributed by atoms with Crippen LogP contribution >= 0.6 is 34.5 Å². The molecule has 8 heteroatoms. The van der Waals surface area contributed by atoms with Crippen molar-refractivity contribution < 1.29 is 9.21 Å². The number of nitrogens with one attached hydrogen (secondary N) is 1. The normalized spacial score (nSPS) is 10.7. The van der Waals surface area contributed by atoms with E-state index in [0.29, 0.717) is 14.6 Å². The Bertz CT molecular complexity index is 827. The molecule has 0 aliphatic carbocycles. The summed E-state index contributed by atoms with van der Waals surface area (Å²) in [7, 11) is 0. The molecule has 22 heavy (non-hydrogen) atoms. The summed E-state index contributed by atoms with van der Waals surface area (Å²) in [6, 6.07) is 9.09. The number of benzene rings is 1. The summed E-state index contributed by atoms with van der Waals surface area (Å²) in [6.45, 7) is 1.99. The maximum absolute atomic E-state index is 12.1. The molecule has 0 aliphatic rings. The first-order valence-corrected chi connectivity index (χ1v) is 7.77. The van der Waals surface area contributed by atoms with Crippen molar-refractivity contribution >= 4 is 46.5 Å². The van der Waals surface area contributed by atoms with Gasteiger partial charge in [-0.2, -0.15) is 0 Å². The molecule has 112 valence electrons. The molecule has 0 bridgehead atoms. The summed E-state index contributed by atoms with van der Waals surface area (Å²) < 4.78 is 6.16. The van der Waals surface area contributed by atoms with Gasteiger partial charge in [0, 0.05) is 5.56 Å². The SMILES string of the molecule is Cc1ccc(-c2nnc(NC(=O)c3cc(Cl)sc3Cl)o2)cc1. The summed E-state index contributed by atoms with van der Waals surface area (Å²) in [5.41, 5.74) is 2.17. The van der Waals surface area contributed by atoms with Gasteiger partial charge in [-0.1, -0.05) is 46.0 Å². The van der Waals surface area contributed by atoms with Crippen LogP contribution in [0, 0.1) is 6.92 Å². The van der Waals surface area contributed by atoms with Crippen molar-refractivity contribution in [3.63, 3.8) is 0 Å². The zero-order valence-corrected chi connectivity index (χ0v) is 13.6. The number of thiophene rings is 1. The second kappa shape index (κ2) is 6.08. The van der Waals surface area contributed by atoms with Gasteiger partial charge in [0.2, 0.25) is 5.89 Å². The summed E-state index contributed by atoms with van der Waals surface area (Å²) in [5, 5.41) is 10.2. The quantitative estimate of drug-likeness (QED) is 0.742. The Hall–Kier alpha value is -1.89. The van der Waals surface area contributed by atoms with E-state index in [1.165, 1.54) is 6.07 Å². The van der Waals surface area contributed by atoms with Crippen LogP contribution in [0.25, 0.3) is 11.5 Å². The van der Waals surface area contributed by atoms with E-state index in [1.54, 1.807) is 0 Å². The number of hydrogen-bond acceptors (Lipinski definition) is 5. The van der Waals surface area contributed by atoms with Gasteiger partial charge < -0.3 is 4.42 Å². The number of carbonyl (C=O) groups is 1. The maximum Gasteiger partial charge on any atom is 0.322 e. The highest BCUT2D eigenvalue weighted by Gasteiger charge is 2.17. The number of carbonyl (C=O) groups excluding carboxylic acids is 1. The highest BCUT2D eigenvalue weighted by molar-refractivity contribution is 7.20. The Labute approximate surface area is 139 Å². The van der Waals surface area contributed by atoms with E-state index in [4.69, 9.17) is 27.6 Å². The minimum absolute atomic E-state index is 0.000959. The molecule has 1 aromatic carbocycles. The Morgan fingerprint density at radius 2 is 1.95 bits per heavy atom. The van der Waals surface area contributed by atoms with Crippen molar-refractivity contribution in [3.8, 4) is 11.5 Å². The first-order chi connectivity index (χ1) is 10.5. The molecular weight excluding hydrogens is 345 g/mol. The summed E-state index contributed by atoms with van der Waals surface area (Å²) in [6.07, 6.45) is 0. The maximum atomic E-state index is 12.1. The third kappa shape index (κ3) is 3.14. The topological polar surface area (TPSA) is 68.0 Å². The molecule has 1 amide bonds. The zero-order chi connectivity index (χ0) is 15.7. The number of anilines is 1. The van der Waals surface area contributed by atoms with E-state index < -0.39 is 5.91 Å². The number of rotatable bonds is 3. The lowest BCUT2D eigenvalue weighted by molar-refractivity contribution is 0.102.